The number of thioether (sulfide) groups is 1. The number of anilines is 1. The average Bonchev–Trinajstić information content (AvgIpc) is 3.27. The second-order valence-corrected chi connectivity index (χ2v) is 9.52. The minimum atomic E-state index is -0.284. The zero-order valence-corrected chi connectivity index (χ0v) is 21.3. The second-order valence-electron chi connectivity index (χ2n) is 8.57. The van der Waals surface area contributed by atoms with Gasteiger partial charge in [0.1, 0.15) is 16.8 Å². The number of carbonyl (C=O) groups excluding carboxylic acids is 2. The molecule has 0 saturated carbocycles. The minimum Gasteiger partial charge on any atom is -0.495 e. The van der Waals surface area contributed by atoms with E-state index in [-0.39, 0.29) is 23.0 Å². The van der Waals surface area contributed by atoms with E-state index >= 15 is 0 Å². The Morgan fingerprint density at radius 1 is 1.08 bits per heavy atom. The summed E-state index contributed by atoms with van der Waals surface area (Å²) in [7, 11) is 1.55. The van der Waals surface area contributed by atoms with Crippen LogP contribution in [0.25, 0.3) is 27.6 Å². The van der Waals surface area contributed by atoms with Crippen molar-refractivity contribution < 1.29 is 14.3 Å². The number of aryl methyl sites for hydroxylation is 1. The number of amides is 1. The number of methoxy groups -OCH3 is 1. The van der Waals surface area contributed by atoms with Crippen LogP contribution in [0.3, 0.4) is 0 Å². The number of nitrogens with zero attached hydrogens (tertiary/aromatic N) is 2. The summed E-state index contributed by atoms with van der Waals surface area (Å²) in [6, 6.07) is 19.8. The number of aromatic nitrogens is 3. The lowest BCUT2D eigenvalue weighted by Crippen LogP contribution is -2.23. The molecule has 5 rings (SSSR count). The van der Waals surface area contributed by atoms with E-state index in [1.165, 1.54) is 11.5 Å². The molecule has 3 aromatic carbocycles. The molecule has 0 spiro atoms. The highest BCUT2D eigenvalue weighted by atomic mass is 32.2. The first kappa shape index (κ1) is 24.3. The van der Waals surface area contributed by atoms with Crippen molar-refractivity contribution in [2.45, 2.75) is 19.0 Å². The number of benzene rings is 3. The first-order chi connectivity index (χ1) is 17.9. The van der Waals surface area contributed by atoms with E-state index in [1.807, 2.05) is 43.3 Å². The van der Waals surface area contributed by atoms with Crippen molar-refractivity contribution in [1.29, 1.82) is 0 Å². The summed E-state index contributed by atoms with van der Waals surface area (Å²) < 4.78 is 7.05. The normalized spacial score (nSPS) is 11.1. The molecule has 0 radical (unpaired) electrons. The molecule has 0 unspecified atom stereocenters. The van der Waals surface area contributed by atoms with Crippen LogP contribution < -0.4 is 15.6 Å². The van der Waals surface area contributed by atoms with Gasteiger partial charge in [-0.2, -0.15) is 0 Å². The Balaban J connectivity index is 1.55. The second kappa shape index (κ2) is 9.94. The Morgan fingerprint density at radius 2 is 1.84 bits per heavy atom. The lowest BCUT2D eigenvalue weighted by atomic mass is 10.1. The van der Waals surface area contributed by atoms with Crippen LogP contribution in [-0.4, -0.2) is 39.1 Å². The smallest absolute Gasteiger partial charge is 0.283 e. The predicted molar refractivity (Wildman–Crippen MR) is 146 cm³/mol. The van der Waals surface area contributed by atoms with Gasteiger partial charge in [0.15, 0.2) is 10.9 Å². The van der Waals surface area contributed by atoms with Crippen LogP contribution >= 0.6 is 11.8 Å². The van der Waals surface area contributed by atoms with Crippen LogP contribution in [0, 0.1) is 6.92 Å². The molecule has 8 nitrogen and oxygen atoms in total. The predicted octanol–water partition coefficient (Wildman–Crippen LogP) is 5.12. The number of hydrogen-bond donors (Lipinski definition) is 2. The van der Waals surface area contributed by atoms with Gasteiger partial charge >= 0.3 is 0 Å². The molecule has 186 valence electrons. The topological polar surface area (TPSA) is 106 Å². The van der Waals surface area contributed by atoms with Crippen molar-refractivity contribution in [2.75, 3.05) is 18.2 Å². The third-order valence-electron chi connectivity index (χ3n) is 5.98. The molecule has 5 aromatic rings. The van der Waals surface area contributed by atoms with Gasteiger partial charge in [-0.3, -0.25) is 14.4 Å². The van der Waals surface area contributed by atoms with E-state index < -0.39 is 0 Å². The molecule has 9 heteroatoms. The summed E-state index contributed by atoms with van der Waals surface area (Å²) in [5.41, 5.74) is 4.08. The lowest BCUT2D eigenvalue weighted by molar-refractivity contribution is -0.113. The number of nitrogens with one attached hydrogen (secondary N) is 2. The van der Waals surface area contributed by atoms with Crippen molar-refractivity contribution in [3.05, 3.63) is 88.2 Å². The molecule has 0 atom stereocenters. The van der Waals surface area contributed by atoms with Crippen molar-refractivity contribution >= 4 is 51.1 Å². The maximum absolute atomic E-state index is 13.8. The molecule has 2 aromatic heterocycles. The number of para-hydroxylation sites is 1. The van der Waals surface area contributed by atoms with Crippen LogP contribution in [0.5, 0.6) is 5.75 Å². The summed E-state index contributed by atoms with van der Waals surface area (Å²) in [5, 5.41) is 4.03. The molecule has 0 aliphatic heterocycles. The fourth-order valence-corrected chi connectivity index (χ4v) is 4.94. The molecule has 0 saturated heterocycles. The Hall–Kier alpha value is -4.37. The van der Waals surface area contributed by atoms with Gasteiger partial charge in [0.2, 0.25) is 5.91 Å². The molecular formula is C28H24N4O4S. The number of aromatic amines is 1. The van der Waals surface area contributed by atoms with Gasteiger partial charge in [0.25, 0.3) is 5.56 Å². The largest absolute Gasteiger partial charge is 0.495 e. The fraction of sp³-hybridized carbons (Fsp3) is 0.143. The number of H-pyrrole nitrogens is 1. The monoisotopic (exact) mass is 512 g/mol. The number of fused-ring (bicyclic) bond motifs is 3. The lowest BCUT2D eigenvalue weighted by Gasteiger charge is -2.15. The molecule has 0 bridgehead atoms. The summed E-state index contributed by atoms with van der Waals surface area (Å²) >= 11 is 1.16. The van der Waals surface area contributed by atoms with E-state index in [4.69, 9.17) is 9.72 Å². The summed E-state index contributed by atoms with van der Waals surface area (Å²) in [6.07, 6.45) is 0. The first-order valence-electron chi connectivity index (χ1n) is 11.6. The number of ketones is 1. The SMILES string of the molecule is COc1ccc(C)cc1-n1c(SCC(=O)Nc2ccc(C(C)=O)cc2)nc2c([nH]c3ccccc32)c1=O. The Bertz CT molecular complexity index is 1720. The van der Waals surface area contributed by atoms with Gasteiger partial charge in [-0.1, -0.05) is 36.0 Å². The highest BCUT2D eigenvalue weighted by molar-refractivity contribution is 7.99. The third-order valence-corrected chi connectivity index (χ3v) is 6.92. The van der Waals surface area contributed by atoms with Gasteiger partial charge in [0.05, 0.1) is 18.6 Å². The first-order valence-corrected chi connectivity index (χ1v) is 12.6. The maximum atomic E-state index is 13.8. The van der Waals surface area contributed by atoms with Crippen molar-refractivity contribution in [2.24, 2.45) is 0 Å². The quantitative estimate of drug-likeness (QED) is 0.178. The zero-order valence-electron chi connectivity index (χ0n) is 20.5. The standard InChI is InChI=1S/C28H24N4O4S/c1-16-8-13-23(36-3)22(14-16)32-27(35)26-25(20-6-4-5-7-21(20)30-26)31-28(32)37-15-24(34)29-19-11-9-18(10-12-19)17(2)33/h4-14,30H,15H2,1-3H3,(H,29,34). The molecule has 37 heavy (non-hydrogen) atoms. The number of Topliss-reactive ketones (excluding diaryl/α,β-unsaturated/α-hetero) is 1. The number of ether oxygens (including phenoxy) is 1. The van der Waals surface area contributed by atoms with E-state index in [1.54, 1.807) is 37.4 Å². The number of carbonyl (C=O) groups is 2. The summed E-state index contributed by atoms with van der Waals surface area (Å²) in [5.74, 6) is 0.221. The molecule has 0 aliphatic carbocycles. The van der Waals surface area contributed by atoms with E-state index in [9.17, 15) is 14.4 Å². The third kappa shape index (κ3) is 4.73. The van der Waals surface area contributed by atoms with Gasteiger partial charge in [-0.15, -0.1) is 0 Å². The van der Waals surface area contributed by atoms with Crippen LogP contribution in [0.4, 0.5) is 5.69 Å². The van der Waals surface area contributed by atoms with E-state index in [2.05, 4.69) is 10.3 Å². The van der Waals surface area contributed by atoms with E-state index in [0.717, 1.165) is 28.2 Å². The van der Waals surface area contributed by atoms with Crippen molar-refractivity contribution in [3.8, 4) is 11.4 Å². The fourth-order valence-electron chi connectivity index (χ4n) is 4.14. The maximum Gasteiger partial charge on any atom is 0.283 e. The van der Waals surface area contributed by atoms with Crippen LogP contribution in [0.1, 0.15) is 22.8 Å². The van der Waals surface area contributed by atoms with Gasteiger partial charge in [-0.25, -0.2) is 9.55 Å². The van der Waals surface area contributed by atoms with Crippen LogP contribution in [0.2, 0.25) is 0 Å². The molecule has 0 aliphatic rings. The Labute approximate surface area is 216 Å². The highest BCUT2D eigenvalue weighted by Gasteiger charge is 2.20. The average molecular weight is 513 g/mol. The highest BCUT2D eigenvalue weighted by Crippen LogP contribution is 2.30. The van der Waals surface area contributed by atoms with Crippen molar-refractivity contribution in [1.82, 2.24) is 14.5 Å². The number of rotatable bonds is 7. The molecule has 1 amide bonds. The zero-order chi connectivity index (χ0) is 26.1. The van der Waals surface area contributed by atoms with Crippen LogP contribution in [0.15, 0.2) is 76.7 Å². The molecule has 2 heterocycles. The summed E-state index contributed by atoms with van der Waals surface area (Å²) in [6.45, 7) is 3.42. The van der Waals surface area contributed by atoms with E-state index in [0.29, 0.717) is 38.9 Å². The Morgan fingerprint density at radius 3 is 2.57 bits per heavy atom. The van der Waals surface area contributed by atoms with Gasteiger partial charge in [-0.05, 0) is 61.9 Å². The minimum absolute atomic E-state index is 0.0168. The molecule has 0 fully saturated rings. The van der Waals surface area contributed by atoms with Gasteiger partial charge in [0, 0.05) is 22.2 Å². The van der Waals surface area contributed by atoms with Gasteiger partial charge < -0.3 is 15.0 Å². The molecular weight excluding hydrogens is 488 g/mol. The molecule has 2 N–H and O–H groups in total. The van der Waals surface area contributed by atoms with Crippen LogP contribution in [-0.2, 0) is 4.79 Å². The number of hydrogen-bond acceptors (Lipinski definition) is 6. The summed E-state index contributed by atoms with van der Waals surface area (Å²) in [4.78, 5) is 46.1. The van der Waals surface area contributed by atoms with Crippen molar-refractivity contribution in [3.63, 3.8) is 0 Å². The Kier molecular flexibility index (Phi) is 6.54.